The van der Waals surface area contributed by atoms with E-state index in [2.05, 4.69) is 17.0 Å². The molecule has 0 radical (unpaired) electrons. The fraction of sp³-hybridized carbons (Fsp3) is 0.250. The Labute approximate surface area is 214 Å². The number of methoxy groups -OCH3 is 1. The van der Waals surface area contributed by atoms with Gasteiger partial charge in [0.15, 0.2) is 0 Å². The Morgan fingerprint density at radius 1 is 1.14 bits per heavy atom. The highest BCUT2D eigenvalue weighted by Gasteiger charge is 2.19. The van der Waals surface area contributed by atoms with E-state index in [1.807, 2.05) is 36.4 Å². The third-order valence-corrected chi connectivity index (χ3v) is 6.30. The molecule has 4 rings (SSSR count). The highest BCUT2D eigenvalue weighted by Crippen LogP contribution is 2.21. The largest absolute Gasteiger partial charge is 0.497 e. The van der Waals surface area contributed by atoms with Crippen LogP contribution in [0, 0.1) is 0 Å². The van der Waals surface area contributed by atoms with Crippen molar-refractivity contribution >= 4 is 28.2 Å². The number of nitrogens with one attached hydrogen (secondary N) is 1. The lowest BCUT2D eigenvalue weighted by molar-refractivity contribution is 0.414. The van der Waals surface area contributed by atoms with Crippen molar-refractivity contribution in [1.82, 2.24) is 14.3 Å². The molecule has 36 heavy (non-hydrogen) atoms. The summed E-state index contributed by atoms with van der Waals surface area (Å²) in [6.45, 7) is 2.46. The highest BCUT2D eigenvalue weighted by molar-refractivity contribution is 6.30. The van der Waals surface area contributed by atoms with Crippen molar-refractivity contribution < 1.29 is 4.74 Å². The summed E-state index contributed by atoms with van der Waals surface area (Å²) in [5.41, 5.74) is 3.11. The van der Waals surface area contributed by atoms with E-state index in [1.165, 1.54) is 10.7 Å². The van der Waals surface area contributed by atoms with Gasteiger partial charge in [0.25, 0.3) is 11.1 Å². The van der Waals surface area contributed by atoms with Crippen LogP contribution in [0.3, 0.4) is 0 Å². The molecule has 186 valence electrons. The van der Waals surface area contributed by atoms with Crippen LogP contribution in [-0.4, -0.2) is 34.2 Å². The molecule has 2 heterocycles. The minimum Gasteiger partial charge on any atom is -0.497 e. The van der Waals surface area contributed by atoms with Gasteiger partial charge in [-0.15, -0.1) is 0 Å². The average molecular weight is 505 g/mol. The first kappa shape index (κ1) is 25.3. The fourth-order valence-electron chi connectivity index (χ4n) is 4.26. The first-order valence-electron chi connectivity index (χ1n) is 11.8. The van der Waals surface area contributed by atoms with E-state index < -0.39 is 0 Å². The highest BCUT2D eigenvalue weighted by atomic mass is 35.5. The number of rotatable bonds is 9. The molecule has 0 saturated carbocycles. The summed E-state index contributed by atoms with van der Waals surface area (Å²) >= 11 is 6.17. The molecule has 0 fully saturated rings. The number of fused-ring (bicyclic) bond motifs is 1. The maximum Gasteiger partial charge on any atom is 0.280 e. The summed E-state index contributed by atoms with van der Waals surface area (Å²) in [6, 6.07) is 16.1. The van der Waals surface area contributed by atoms with Crippen molar-refractivity contribution in [1.29, 1.82) is 0 Å². The van der Waals surface area contributed by atoms with Crippen LogP contribution in [0.25, 0.3) is 16.6 Å². The first-order chi connectivity index (χ1) is 17.4. The molecule has 0 bridgehead atoms. The van der Waals surface area contributed by atoms with Crippen LogP contribution < -0.4 is 15.9 Å². The van der Waals surface area contributed by atoms with Gasteiger partial charge in [0, 0.05) is 48.9 Å². The molecule has 8 heteroatoms. The molecule has 0 aliphatic heterocycles. The van der Waals surface area contributed by atoms with Gasteiger partial charge >= 0.3 is 0 Å². The van der Waals surface area contributed by atoms with Crippen molar-refractivity contribution in [2.45, 2.75) is 32.7 Å². The Morgan fingerprint density at radius 3 is 2.67 bits per heavy atom. The number of H-pyrrole nitrogens is 1. The van der Waals surface area contributed by atoms with Gasteiger partial charge in [-0.3, -0.25) is 19.7 Å². The van der Waals surface area contributed by atoms with E-state index in [1.54, 1.807) is 43.0 Å². The molecule has 7 nitrogen and oxygen atoms in total. The molecule has 4 aromatic rings. The van der Waals surface area contributed by atoms with Gasteiger partial charge in [0.1, 0.15) is 5.75 Å². The normalized spacial score (nSPS) is 12.1. The molecule has 0 unspecified atom stereocenters. The van der Waals surface area contributed by atoms with Crippen molar-refractivity contribution in [2.24, 2.45) is 4.99 Å². The fourth-order valence-corrected chi connectivity index (χ4v) is 4.44. The lowest BCUT2D eigenvalue weighted by atomic mass is 10.1. The van der Waals surface area contributed by atoms with Crippen molar-refractivity contribution in [3.05, 3.63) is 104 Å². The lowest BCUT2D eigenvalue weighted by Crippen LogP contribution is -2.26. The van der Waals surface area contributed by atoms with Crippen LogP contribution in [-0.2, 0) is 13.0 Å². The Balaban J connectivity index is 1.89. The van der Waals surface area contributed by atoms with Crippen LogP contribution in [0.1, 0.15) is 31.0 Å². The molecule has 2 aromatic heterocycles. The summed E-state index contributed by atoms with van der Waals surface area (Å²) in [6.07, 6.45) is 5.87. The number of benzene rings is 2. The Bertz CT molecular complexity index is 1560. The number of aromatic nitrogens is 3. The average Bonchev–Trinajstić information content (AvgIpc) is 3.21. The molecular weight excluding hydrogens is 476 g/mol. The molecule has 1 N–H and O–H groups in total. The third kappa shape index (κ3) is 5.36. The topological polar surface area (TPSA) is 81.4 Å². The van der Waals surface area contributed by atoms with Gasteiger partial charge in [0.05, 0.1) is 23.7 Å². The zero-order valence-corrected chi connectivity index (χ0v) is 21.4. The minimum absolute atomic E-state index is 0.185. The molecule has 0 amide bonds. The maximum absolute atomic E-state index is 13.7. The van der Waals surface area contributed by atoms with Crippen LogP contribution >= 0.6 is 11.6 Å². The van der Waals surface area contributed by atoms with E-state index in [9.17, 15) is 9.59 Å². The predicted molar refractivity (Wildman–Crippen MR) is 146 cm³/mol. The monoisotopic (exact) mass is 504 g/mol. The van der Waals surface area contributed by atoms with Gasteiger partial charge < -0.3 is 9.30 Å². The van der Waals surface area contributed by atoms with Gasteiger partial charge in [-0.2, -0.15) is 0 Å². The molecule has 0 aliphatic rings. The second-order valence-electron chi connectivity index (χ2n) is 8.41. The maximum atomic E-state index is 13.7. The summed E-state index contributed by atoms with van der Waals surface area (Å²) in [4.78, 5) is 31.4. The number of pyridine rings is 1. The zero-order valence-electron chi connectivity index (χ0n) is 20.6. The zero-order chi connectivity index (χ0) is 25.7. The standard InChI is InChI=1S/C28H29ClN4O3/c1-4-5-10-21(30-2)13-14-32-25(16-19-8-6-12-23(15-19)36-3)27-24(18-26(32)34)31-33(28(27)35)22-11-7-9-20(29)17-22/h5-12,15,17-18,31H,4,13-14,16H2,1-3H3/b10-5-,30-21?. The van der Waals surface area contributed by atoms with Gasteiger partial charge in [0.2, 0.25) is 0 Å². The summed E-state index contributed by atoms with van der Waals surface area (Å²) < 4.78 is 8.50. The van der Waals surface area contributed by atoms with Gasteiger partial charge in [-0.05, 0) is 48.4 Å². The second kappa shape index (κ2) is 11.3. The van der Waals surface area contributed by atoms with E-state index in [0.29, 0.717) is 52.4 Å². The Hall–Kier alpha value is -3.84. The van der Waals surface area contributed by atoms with Crippen LogP contribution in [0.15, 0.2) is 81.3 Å². The SMILES string of the molecule is CC/C=C\C(CCn1c(Cc2cccc(OC)c2)c2c(=O)n(-c3cccc(Cl)c3)[nH]c2cc1=O)=NC. The van der Waals surface area contributed by atoms with Crippen LogP contribution in [0.4, 0.5) is 0 Å². The molecule has 2 aromatic carbocycles. The number of hydrogen-bond donors (Lipinski definition) is 1. The Morgan fingerprint density at radius 2 is 1.94 bits per heavy atom. The lowest BCUT2D eigenvalue weighted by Gasteiger charge is -2.14. The van der Waals surface area contributed by atoms with Crippen LogP contribution in [0.2, 0.25) is 5.02 Å². The predicted octanol–water partition coefficient (Wildman–Crippen LogP) is 5.16. The number of ether oxygens (including phenoxy) is 1. The number of aliphatic imine (C=N–C) groups is 1. The first-order valence-corrected chi connectivity index (χ1v) is 12.2. The molecule has 0 saturated heterocycles. The van der Waals surface area contributed by atoms with Gasteiger partial charge in [-0.1, -0.05) is 42.8 Å². The summed E-state index contributed by atoms with van der Waals surface area (Å²) in [5, 5.41) is 4.08. The van der Waals surface area contributed by atoms with Crippen LogP contribution in [0.5, 0.6) is 5.75 Å². The van der Waals surface area contributed by atoms with E-state index in [4.69, 9.17) is 16.3 Å². The number of aromatic amines is 1. The molecule has 0 atom stereocenters. The number of allylic oxidation sites excluding steroid dienone is 2. The number of nitrogens with zero attached hydrogens (tertiary/aromatic N) is 3. The molecular formula is C28H29ClN4O3. The van der Waals surface area contributed by atoms with E-state index in [0.717, 1.165) is 17.7 Å². The van der Waals surface area contributed by atoms with E-state index >= 15 is 0 Å². The van der Waals surface area contributed by atoms with Crippen molar-refractivity contribution in [3.8, 4) is 11.4 Å². The summed E-state index contributed by atoms with van der Waals surface area (Å²) in [7, 11) is 3.36. The summed E-state index contributed by atoms with van der Waals surface area (Å²) in [5.74, 6) is 0.712. The van der Waals surface area contributed by atoms with Crippen molar-refractivity contribution in [3.63, 3.8) is 0 Å². The van der Waals surface area contributed by atoms with Gasteiger partial charge in [-0.25, -0.2) is 4.68 Å². The number of halogens is 1. The quantitative estimate of drug-likeness (QED) is 0.320. The van der Waals surface area contributed by atoms with Crippen molar-refractivity contribution in [2.75, 3.05) is 14.2 Å². The number of hydrogen-bond acceptors (Lipinski definition) is 4. The van der Waals surface area contributed by atoms with E-state index in [-0.39, 0.29) is 11.1 Å². The molecule has 0 aliphatic carbocycles. The smallest absolute Gasteiger partial charge is 0.280 e. The molecule has 0 spiro atoms. The second-order valence-corrected chi connectivity index (χ2v) is 8.84. The Kier molecular flexibility index (Phi) is 7.90. The minimum atomic E-state index is -0.242. The third-order valence-electron chi connectivity index (χ3n) is 6.06.